The Kier molecular flexibility index (Phi) is 5.49. The van der Waals surface area contributed by atoms with Crippen LogP contribution in [0.2, 0.25) is 0 Å². The van der Waals surface area contributed by atoms with Gasteiger partial charge in [0.1, 0.15) is 12.9 Å². The molecule has 0 saturated carbocycles. The molecule has 24 heavy (non-hydrogen) atoms. The van der Waals surface area contributed by atoms with E-state index in [-0.39, 0.29) is 17.8 Å². The lowest BCUT2D eigenvalue weighted by atomic mass is 10.1. The molecule has 0 aliphatic heterocycles. The van der Waals surface area contributed by atoms with Crippen LogP contribution >= 0.6 is 11.8 Å². The molecule has 1 heterocycles. The van der Waals surface area contributed by atoms with E-state index in [0.717, 1.165) is 11.8 Å². The summed E-state index contributed by atoms with van der Waals surface area (Å²) in [5, 5.41) is 28.2. The molecule has 1 amide bonds. The highest BCUT2D eigenvalue weighted by Gasteiger charge is 2.22. The Morgan fingerprint density at radius 2 is 2.29 bits per heavy atom. The van der Waals surface area contributed by atoms with Gasteiger partial charge in [0.25, 0.3) is 11.6 Å². The average Bonchev–Trinajstić information content (AvgIpc) is 2.97. The number of carbonyl (C=O) groups excluding carboxylic acids is 1. The third-order valence-corrected chi connectivity index (χ3v) is 4.32. The number of rotatable bonds is 6. The van der Waals surface area contributed by atoms with Crippen molar-refractivity contribution in [1.29, 1.82) is 5.26 Å². The second kappa shape index (κ2) is 7.56. The smallest absolute Gasteiger partial charge is 0.284 e. The quantitative estimate of drug-likeness (QED) is 0.445. The topological polar surface area (TPSA) is 118 Å². The Hall–Kier alpha value is -2.93. The number of benzene rings is 1. The molecule has 0 bridgehead atoms. The molecular weight excluding hydrogens is 332 g/mol. The summed E-state index contributed by atoms with van der Waals surface area (Å²) in [6, 6.07) is 6.14. The van der Waals surface area contributed by atoms with Crippen molar-refractivity contribution in [2.75, 3.05) is 13.1 Å². The second-order valence-corrected chi connectivity index (χ2v) is 5.75. The molecule has 2 rings (SSSR count). The van der Waals surface area contributed by atoms with Crippen molar-refractivity contribution >= 4 is 23.4 Å². The summed E-state index contributed by atoms with van der Waals surface area (Å²) >= 11 is 1.09. The SMILES string of the molecule is CCN(CC#N)C(=O)c1ccc(Sc2nncn2C)c([N+](=O)[O-])c1. The normalized spacial score (nSPS) is 10.2. The number of nitro benzene ring substituents is 1. The van der Waals surface area contributed by atoms with Crippen LogP contribution in [-0.4, -0.2) is 43.6 Å². The van der Waals surface area contributed by atoms with Gasteiger partial charge in [-0.3, -0.25) is 14.9 Å². The number of carbonyl (C=O) groups is 1. The summed E-state index contributed by atoms with van der Waals surface area (Å²) in [4.78, 5) is 24.8. The Balaban J connectivity index is 2.36. The molecule has 124 valence electrons. The van der Waals surface area contributed by atoms with Crippen molar-refractivity contribution in [3.8, 4) is 6.07 Å². The minimum Gasteiger partial charge on any atom is -0.326 e. The van der Waals surface area contributed by atoms with Crippen LogP contribution in [0.5, 0.6) is 0 Å². The lowest BCUT2D eigenvalue weighted by Gasteiger charge is -2.17. The van der Waals surface area contributed by atoms with Crippen LogP contribution < -0.4 is 0 Å². The Labute approximate surface area is 142 Å². The average molecular weight is 346 g/mol. The van der Waals surface area contributed by atoms with Gasteiger partial charge in [0, 0.05) is 25.2 Å². The summed E-state index contributed by atoms with van der Waals surface area (Å²) in [6.45, 7) is 2.01. The number of hydrogen-bond donors (Lipinski definition) is 0. The van der Waals surface area contributed by atoms with Crippen LogP contribution in [-0.2, 0) is 7.05 Å². The van der Waals surface area contributed by atoms with Crippen LogP contribution in [0, 0.1) is 21.4 Å². The first-order chi connectivity index (χ1) is 11.5. The molecule has 0 atom stereocenters. The van der Waals surface area contributed by atoms with Gasteiger partial charge in [-0.15, -0.1) is 10.2 Å². The van der Waals surface area contributed by atoms with Gasteiger partial charge in [-0.2, -0.15) is 5.26 Å². The molecule has 0 spiro atoms. The van der Waals surface area contributed by atoms with Crippen LogP contribution in [0.25, 0.3) is 0 Å². The minimum atomic E-state index is -0.546. The zero-order valence-electron chi connectivity index (χ0n) is 13.0. The maximum absolute atomic E-state index is 12.3. The molecule has 0 aliphatic rings. The highest BCUT2D eigenvalue weighted by Crippen LogP contribution is 2.34. The summed E-state index contributed by atoms with van der Waals surface area (Å²) < 4.78 is 1.64. The first kappa shape index (κ1) is 17.4. The first-order valence-electron chi connectivity index (χ1n) is 6.94. The molecule has 0 radical (unpaired) electrons. The van der Waals surface area contributed by atoms with Crippen molar-refractivity contribution in [1.82, 2.24) is 19.7 Å². The van der Waals surface area contributed by atoms with Crippen LogP contribution in [0.15, 0.2) is 34.6 Å². The Morgan fingerprint density at radius 3 is 2.83 bits per heavy atom. The molecule has 0 saturated heterocycles. The molecule has 0 N–H and O–H groups in total. The fraction of sp³-hybridized carbons (Fsp3) is 0.286. The van der Waals surface area contributed by atoms with Gasteiger partial charge in [-0.05, 0) is 30.8 Å². The van der Waals surface area contributed by atoms with Crippen LogP contribution in [0.3, 0.4) is 0 Å². The predicted octanol–water partition coefficient (Wildman–Crippen LogP) is 1.86. The third kappa shape index (κ3) is 3.69. The monoisotopic (exact) mass is 346 g/mol. The first-order valence-corrected chi connectivity index (χ1v) is 7.76. The maximum atomic E-state index is 12.3. The molecule has 10 heteroatoms. The molecule has 0 aliphatic carbocycles. The van der Waals surface area contributed by atoms with E-state index in [0.29, 0.717) is 16.6 Å². The number of amides is 1. The van der Waals surface area contributed by atoms with E-state index in [1.54, 1.807) is 18.5 Å². The van der Waals surface area contributed by atoms with Crippen LogP contribution in [0.4, 0.5) is 5.69 Å². The van der Waals surface area contributed by atoms with Gasteiger partial charge in [0.2, 0.25) is 0 Å². The van der Waals surface area contributed by atoms with E-state index >= 15 is 0 Å². The van der Waals surface area contributed by atoms with Gasteiger partial charge in [0.15, 0.2) is 5.16 Å². The van der Waals surface area contributed by atoms with Crippen molar-refractivity contribution in [3.63, 3.8) is 0 Å². The van der Waals surface area contributed by atoms with Crippen molar-refractivity contribution in [2.24, 2.45) is 7.05 Å². The maximum Gasteiger partial charge on any atom is 0.284 e. The van der Waals surface area contributed by atoms with Gasteiger partial charge >= 0.3 is 0 Å². The molecule has 2 aromatic rings. The fourth-order valence-corrected chi connectivity index (χ4v) is 2.79. The number of hydrogen-bond acceptors (Lipinski definition) is 7. The standard InChI is InChI=1S/C14H14N6O3S/c1-3-19(7-6-15)13(21)10-4-5-12(11(8-10)20(22)23)24-14-17-16-9-18(14)2/h4-5,8-9H,3,7H2,1-2H3. The highest BCUT2D eigenvalue weighted by molar-refractivity contribution is 7.99. The largest absolute Gasteiger partial charge is 0.326 e. The highest BCUT2D eigenvalue weighted by atomic mass is 32.2. The van der Waals surface area contributed by atoms with E-state index in [1.807, 2.05) is 6.07 Å². The Morgan fingerprint density at radius 1 is 1.54 bits per heavy atom. The van der Waals surface area contributed by atoms with Gasteiger partial charge in [-0.1, -0.05) is 0 Å². The lowest BCUT2D eigenvalue weighted by Crippen LogP contribution is -2.31. The van der Waals surface area contributed by atoms with Gasteiger partial charge < -0.3 is 9.47 Å². The molecule has 1 aromatic heterocycles. The summed E-state index contributed by atoms with van der Waals surface area (Å²) in [5.74, 6) is -0.419. The summed E-state index contributed by atoms with van der Waals surface area (Å²) in [5.41, 5.74) is -0.0250. The second-order valence-electron chi connectivity index (χ2n) is 4.74. The summed E-state index contributed by atoms with van der Waals surface area (Å²) in [7, 11) is 1.73. The minimum absolute atomic E-state index is 0.0709. The molecular formula is C14H14N6O3S. The molecule has 9 nitrogen and oxygen atoms in total. The summed E-state index contributed by atoms with van der Waals surface area (Å²) in [6.07, 6.45) is 1.49. The van der Waals surface area contributed by atoms with Crippen molar-refractivity contribution < 1.29 is 9.72 Å². The van der Waals surface area contributed by atoms with E-state index < -0.39 is 10.8 Å². The number of aromatic nitrogens is 3. The molecule has 1 aromatic carbocycles. The number of nitro groups is 1. The number of nitriles is 1. The van der Waals surface area contributed by atoms with Crippen molar-refractivity contribution in [3.05, 3.63) is 40.2 Å². The van der Waals surface area contributed by atoms with Crippen LogP contribution in [0.1, 0.15) is 17.3 Å². The Bertz CT molecular complexity index is 813. The number of aryl methyl sites for hydroxylation is 1. The van der Waals surface area contributed by atoms with E-state index in [2.05, 4.69) is 10.2 Å². The zero-order valence-corrected chi connectivity index (χ0v) is 13.9. The zero-order chi connectivity index (χ0) is 17.7. The van der Waals surface area contributed by atoms with E-state index in [1.165, 1.54) is 29.4 Å². The third-order valence-electron chi connectivity index (χ3n) is 3.20. The van der Waals surface area contributed by atoms with Gasteiger partial charge in [-0.25, -0.2) is 0 Å². The van der Waals surface area contributed by atoms with Gasteiger partial charge in [0.05, 0.1) is 15.9 Å². The molecule has 0 unspecified atom stereocenters. The number of nitrogens with zero attached hydrogens (tertiary/aromatic N) is 6. The van der Waals surface area contributed by atoms with E-state index in [9.17, 15) is 14.9 Å². The predicted molar refractivity (Wildman–Crippen MR) is 85.4 cm³/mol. The fourth-order valence-electron chi connectivity index (χ4n) is 1.94. The van der Waals surface area contributed by atoms with Crippen molar-refractivity contribution in [2.45, 2.75) is 17.0 Å². The van der Waals surface area contributed by atoms with E-state index in [4.69, 9.17) is 5.26 Å². The lowest BCUT2D eigenvalue weighted by molar-refractivity contribution is -0.387. The molecule has 0 fully saturated rings.